The minimum absolute atomic E-state index is 0.325. The summed E-state index contributed by atoms with van der Waals surface area (Å²) < 4.78 is 15.7. The number of aromatic nitrogens is 6. The molecule has 4 aromatic rings. The molecule has 1 aliphatic heterocycles. The van der Waals surface area contributed by atoms with Crippen LogP contribution in [0.15, 0.2) is 36.6 Å². The number of hydrogen-bond donors (Lipinski definition) is 3. The van der Waals surface area contributed by atoms with Crippen LogP contribution in [0.5, 0.6) is 5.88 Å². The number of aryl methyl sites for hydroxylation is 1. The maximum Gasteiger partial charge on any atom is 0.222 e. The molecule has 0 spiro atoms. The van der Waals surface area contributed by atoms with Crippen LogP contribution in [0, 0.1) is 6.92 Å². The van der Waals surface area contributed by atoms with Crippen molar-refractivity contribution in [3.05, 3.63) is 42.3 Å². The van der Waals surface area contributed by atoms with Crippen LogP contribution in [0.2, 0.25) is 0 Å². The van der Waals surface area contributed by atoms with E-state index in [1.165, 1.54) is 0 Å². The lowest BCUT2D eigenvalue weighted by molar-refractivity contribution is 0.375. The number of pyridine rings is 1. The van der Waals surface area contributed by atoms with Crippen molar-refractivity contribution in [3.63, 3.8) is 0 Å². The molecule has 0 radical (unpaired) electrons. The fraction of sp³-hybridized carbons (Fsp3) is 0.333. The van der Waals surface area contributed by atoms with Crippen LogP contribution in [0.1, 0.15) is 25.9 Å². The van der Waals surface area contributed by atoms with E-state index in [2.05, 4.69) is 35.4 Å². The molecule has 0 bridgehead atoms. The molecule has 154 valence electrons. The van der Waals surface area contributed by atoms with Gasteiger partial charge in [0.15, 0.2) is 17.3 Å². The molecule has 0 aliphatic carbocycles. The molecule has 0 atom stereocenters. The van der Waals surface area contributed by atoms with Crippen LogP contribution < -0.4 is 15.4 Å². The van der Waals surface area contributed by atoms with Crippen molar-refractivity contribution in [1.82, 2.24) is 35.0 Å². The summed E-state index contributed by atoms with van der Waals surface area (Å²) in [5, 5.41) is 13.9. The molecule has 9 nitrogen and oxygen atoms in total. The summed E-state index contributed by atoms with van der Waals surface area (Å²) in [4.78, 5) is 13.6. The Kier molecular flexibility index (Phi) is 4.50. The van der Waals surface area contributed by atoms with Gasteiger partial charge in [0.05, 0.1) is 25.9 Å². The van der Waals surface area contributed by atoms with Gasteiger partial charge >= 0.3 is 0 Å². The van der Waals surface area contributed by atoms with E-state index < -0.39 is 0 Å². The van der Waals surface area contributed by atoms with Gasteiger partial charge in [0, 0.05) is 24.0 Å². The predicted molar refractivity (Wildman–Crippen MR) is 115 cm³/mol. The Bertz CT molecular complexity index is 1230. The lowest BCUT2D eigenvalue weighted by Gasteiger charge is -2.24. The first-order chi connectivity index (χ1) is 15.1. The summed E-state index contributed by atoms with van der Waals surface area (Å²) in [5.41, 5.74) is 3.83. The third-order valence-corrected chi connectivity index (χ3v) is 5.36. The van der Waals surface area contributed by atoms with Crippen molar-refractivity contribution in [2.24, 2.45) is 0 Å². The van der Waals surface area contributed by atoms with E-state index >= 15 is 0 Å². The molecule has 3 N–H and O–H groups in total. The fourth-order valence-corrected chi connectivity index (χ4v) is 3.82. The molecule has 0 amide bonds. The smallest absolute Gasteiger partial charge is 0.222 e. The van der Waals surface area contributed by atoms with Crippen molar-refractivity contribution in [3.8, 4) is 17.1 Å². The Morgan fingerprint density at radius 3 is 2.93 bits per heavy atom. The minimum atomic E-state index is 0.325. The number of H-pyrrole nitrogens is 1. The van der Waals surface area contributed by atoms with Gasteiger partial charge in [-0.3, -0.25) is 5.10 Å². The number of fused-ring (bicyclic) bond motifs is 1. The third-order valence-electron chi connectivity index (χ3n) is 5.36. The molecular weight excluding hydrogens is 380 g/mol. The maximum absolute atomic E-state index is 8.25. The molecule has 0 unspecified atom stereocenters. The SMILES string of the molecule is [2H]c1cn(C2CCNCC2)c2nc(Nc3cc(-c4ccc(C)nc4OC)[nH]n3)cnc12. The standard InChI is InChI=1S/C21H24N8O/c1-13-3-4-15(21(24-13)30-2)17-11-18(28-27-17)25-19-12-23-16-7-10-29(20(16)26-19)14-5-8-22-9-6-14/h3-4,7,10-12,14,22H,5-6,8-9H2,1-2H3,(H2,25,26,27,28)/i7D. The normalized spacial score (nSPS) is 15.3. The molecule has 4 aromatic heterocycles. The van der Waals surface area contributed by atoms with Gasteiger partial charge < -0.3 is 19.9 Å². The zero-order valence-electron chi connectivity index (χ0n) is 17.9. The fourth-order valence-electron chi connectivity index (χ4n) is 3.82. The number of methoxy groups -OCH3 is 1. The number of anilines is 2. The van der Waals surface area contributed by atoms with E-state index in [1.807, 2.05) is 31.3 Å². The maximum atomic E-state index is 8.25. The third kappa shape index (κ3) is 3.48. The van der Waals surface area contributed by atoms with Crippen LogP contribution in [-0.2, 0) is 0 Å². The highest BCUT2D eigenvalue weighted by Crippen LogP contribution is 2.29. The van der Waals surface area contributed by atoms with Crippen LogP contribution in [0.4, 0.5) is 11.6 Å². The van der Waals surface area contributed by atoms with E-state index in [9.17, 15) is 0 Å². The Balaban J connectivity index is 1.44. The molecule has 5 heterocycles. The van der Waals surface area contributed by atoms with Crippen LogP contribution in [0.25, 0.3) is 22.4 Å². The first kappa shape index (κ1) is 17.4. The second kappa shape index (κ2) is 7.75. The molecule has 9 heteroatoms. The highest BCUT2D eigenvalue weighted by Gasteiger charge is 2.18. The molecule has 1 fully saturated rings. The quantitative estimate of drug-likeness (QED) is 0.468. The average Bonchev–Trinajstić information content (AvgIpc) is 3.38. The number of hydrogen-bond acceptors (Lipinski definition) is 7. The molecule has 30 heavy (non-hydrogen) atoms. The average molecular weight is 405 g/mol. The molecule has 0 aromatic carbocycles. The lowest BCUT2D eigenvalue weighted by atomic mass is 10.1. The zero-order valence-corrected chi connectivity index (χ0v) is 16.9. The Hall–Kier alpha value is -3.46. The van der Waals surface area contributed by atoms with Crippen LogP contribution >= 0.6 is 0 Å². The topological polar surface area (TPSA) is 106 Å². The summed E-state index contributed by atoms with van der Waals surface area (Å²) in [7, 11) is 1.60. The van der Waals surface area contributed by atoms with Crippen molar-refractivity contribution in [2.75, 3.05) is 25.5 Å². The van der Waals surface area contributed by atoms with Gasteiger partial charge in [-0.1, -0.05) is 0 Å². The molecule has 5 rings (SSSR count). The van der Waals surface area contributed by atoms with Gasteiger partial charge in [-0.2, -0.15) is 5.10 Å². The van der Waals surface area contributed by atoms with Crippen molar-refractivity contribution in [2.45, 2.75) is 25.8 Å². The number of nitrogens with zero attached hydrogens (tertiary/aromatic N) is 5. The van der Waals surface area contributed by atoms with E-state index in [0.717, 1.165) is 48.5 Å². The van der Waals surface area contributed by atoms with Gasteiger partial charge in [0.1, 0.15) is 5.52 Å². The zero-order chi connectivity index (χ0) is 21.4. The van der Waals surface area contributed by atoms with Gasteiger partial charge in [-0.25, -0.2) is 15.0 Å². The molecule has 1 aliphatic rings. The highest BCUT2D eigenvalue weighted by molar-refractivity contribution is 5.74. The monoisotopic (exact) mass is 405 g/mol. The highest BCUT2D eigenvalue weighted by atomic mass is 16.5. The second-order valence-corrected chi connectivity index (χ2v) is 7.39. The molecular formula is C21H24N8O. The summed E-state index contributed by atoms with van der Waals surface area (Å²) >= 11 is 0. The van der Waals surface area contributed by atoms with Gasteiger partial charge in [-0.05, 0) is 51.0 Å². The second-order valence-electron chi connectivity index (χ2n) is 7.39. The minimum Gasteiger partial charge on any atom is -0.480 e. The number of piperidine rings is 1. The van der Waals surface area contributed by atoms with E-state index in [4.69, 9.17) is 11.1 Å². The van der Waals surface area contributed by atoms with Crippen molar-refractivity contribution in [1.29, 1.82) is 0 Å². The summed E-state index contributed by atoms with van der Waals surface area (Å²) in [6.45, 7) is 3.86. The van der Waals surface area contributed by atoms with Gasteiger partial charge in [0.25, 0.3) is 0 Å². The van der Waals surface area contributed by atoms with Gasteiger partial charge in [0.2, 0.25) is 5.88 Å². The number of aromatic amines is 1. The van der Waals surface area contributed by atoms with Gasteiger partial charge in [-0.15, -0.1) is 0 Å². The Morgan fingerprint density at radius 2 is 2.10 bits per heavy atom. The number of rotatable bonds is 5. The van der Waals surface area contributed by atoms with Crippen LogP contribution in [0.3, 0.4) is 0 Å². The Morgan fingerprint density at radius 1 is 1.23 bits per heavy atom. The largest absolute Gasteiger partial charge is 0.480 e. The van der Waals surface area contributed by atoms with Crippen molar-refractivity contribution >= 4 is 22.8 Å². The number of ether oxygens (including phenoxy) is 1. The summed E-state index contributed by atoms with van der Waals surface area (Å²) in [6, 6.07) is 6.48. The van der Waals surface area contributed by atoms with Crippen molar-refractivity contribution < 1.29 is 6.11 Å². The number of nitrogens with one attached hydrogen (secondary N) is 3. The first-order valence-electron chi connectivity index (χ1n) is 10.5. The van der Waals surface area contributed by atoms with E-state index in [0.29, 0.717) is 35.1 Å². The Labute approximate surface area is 175 Å². The summed E-state index contributed by atoms with van der Waals surface area (Å²) in [6.07, 6.45) is 5.50. The lowest BCUT2D eigenvalue weighted by Crippen LogP contribution is -2.29. The molecule has 1 saturated heterocycles. The predicted octanol–water partition coefficient (Wildman–Crippen LogP) is 3.20. The van der Waals surface area contributed by atoms with Crippen LogP contribution in [-0.4, -0.2) is 49.9 Å². The van der Waals surface area contributed by atoms with E-state index in [-0.39, 0.29) is 0 Å². The molecule has 0 saturated carbocycles. The summed E-state index contributed by atoms with van der Waals surface area (Å²) in [5.74, 6) is 1.73. The van der Waals surface area contributed by atoms with E-state index in [1.54, 1.807) is 13.3 Å². The first-order valence-corrected chi connectivity index (χ1v) is 10.0.